The lowest BCUT2D eigenvalue weighted by Gasteiger charge is -2.28. The van der Waals surface area contributed by atoms with Gasteiger partial charge in [-0.15, -0.1) is 11.3 Å². The second-order valence-electron chi connectivity index (χ2n) is 6.98. The lowest BCUT2D eigenvalue weighted by molar-refractivity contribution is -0.137. The van der Waals surface area contributed by atoms with Crippen LogP contribution in [0.1, 0.15) is 27.3 Å². The zero-order valence-corrected chi connectivity index (χ0v) is 18.1. The highest BCUT2D eigenvalue weighted by Gasteiger charge is 2.31. The maximum Gasteiger partial charge on any atom is 0.416 e. The Morgan fingerprint density at radius 3 is 2.53 bits per heavy atom. The van der Waals surface area contributed by atoms with Gasteiger partial charge in [-0.1, -0.05) is 0 Å². The quantitative estimate of drug-likeness (QED) is 0.560. The predicted octanol–water partition coefficient (Wildman–Crippen LogP) is 3.35. The molecule has 0 saturated carbocycles. The van der Waals surface area contributed by atoms with Gasteiger partial charge in [-0.25, -0.2) is 23.4 Å². The Balaban J connectivity index is 1.51. The van der Waals surface area contributed by atoms with Crippen LogP contribution in [0.3, 0.4) is 0 Å². The van der Waals surface area contributed by atoms with Crippen molar-refractivity contribution in [3.05, 3.63) is 58.5 Å². The normalized spacial score (nSPS) is 14.2. The average molecular weight is 484 g/mol. The fraction of sp³-hybridized carbons (Fsp3) is 0.263. The molecule has 0 fully saturated rings. The van der Waals surface area contributed by atoms with Crippen LogP contribution in [0.4, 0.5) is 13.2 Å². The topological polar surface area (TPSA) is 102 Å². The second kappa shape index (κ2) is 8.13. The summed E-state index contributed by atoms with van der Waals surface area (Å²) in [6.07, 6.45) is -1.83. The molecule has 0 N–H and O–H groups in total. The number of ether oxygens (including phenoxy) is 1. The molecule has 32 heavy (non-hydrogen) atoms. The molecule has 0 unspecified atom stereocenters. The maximum absolute atomic E-state index is 12.7. The lowest BCUT2D eigenvalue weighted by atomic mass is 10.1. The highest BCUT2D eigenvalue weighted by Crippen LogP contribution is 2.33. The third-order valence-corrected chi connectivity index (χ3v) is 7.23. The highest BCUT2D eigenvalue weighted by molar-refractivity contribution is 7.92. The largest absolute Gasteiger partial charge is 0.439 e. The smallest absolute Gasteiger partial charge is 0.416 e. The molecule has 1 amide bonds. The first-order valence-corrected chi connectivity index (χ1v) is 11.9. The number of alkyl halides is 3. The Morgan fingerprint density at radius 2 is 1.91 bits per heavy atom. The third kappa shape index (κ3) is 4.58. The van der Waals surface area contributed by atoms with Gasteiger partial charge < -0.3 is 9.64 Å². The molecule has 0 aliphatic carbocycles. The molecule has 8 nitrogen and oxygen atoms in total. The molecule has 13 heteroatoms. The molecule has 1 aliphatic heterocycles. The minimum Gasteiger partial charge on any atom is -0.439 e. The Morgan fingerprint density at radius 1 is 1.19 bits per heavy atom. The van der Waals surface area contributed by atoms with E-state index in [-0.39, 0.29) is 34.8 Å². The molecule has 0 radical (unpaired) electrons. The molecular formula is C19H15F3N4O4S2. The molecule has 0 bridgehead atoms. The highest BCUT2D eigenvalue weighted by atomic mass is 32.2. The Bertz CT molecular complexity index is 1270. The van der Waals surface area contributed by atoms with Gasteiger partial charge in [-0.05, 0) is 30.7 Å². The van der Waals surface area contributed by atoms with Crippen LogP contribution >= 0.6 is 11.3 Å². The number of halogens is 3. The van der Waals surface area contributed by atoms with E-state index in [9.17, 15) is 26.4 Å². The van der Waals surface area contributed by atoms with Crippen LogP contribution in [0.15, 0.2) is 40.3 Å². The summed E-state index contributed by atoms with van der Waals surface area (Å²) in [6, 6.07) is 4.25. The van der Waals surface area contributed by atoms with Gasteiger partial charge in [0.1, 0.15) is 17.8 Å². The summed E-state index contributed by atoms with van der Waals surface area (Å²) in [7, 11) is -3.50. The third-order valence-electron chi connectivity index (χ3n) is 4.67. The van der Waals surface area contributed by atoms with Gasteiger partial charge in [0, 0.05) is 23.7 Å². The van der Waals surface area contributed by atoms with Crippen molar-refractivity contribution in [1.82, 2.24) is 19.9 Å². The van der Waals surface area contributed by atoms with E-state index in [0.717, 1.165) is 29.7 Å². The van der Waals surface area contributed by atoms with Gasteiger partial charge in [0.05, 0.1) is 17.8 Å². The van der Waals surface area contributed by atoms with Crippen molar-refractivity contribution in [3.63, 3.8) is 0 Å². The number of nitrogens with zero attached hydrogens (tertiary/aromatic N) is 4. The molecule has 1 aromatic carbocycles. The fourth-order valence-electron chi connectivity index (χ4n) is 3.10. The number of fused-ring (bicyclic) bond motifs is 1. The molecule has 3 heterocycles. The number of carbonyl (C=O) groups excluding carboxylic acids is 1. The van der Waals surface area contributed by atoms with Crippen LogP contribution in [0, 0.1) is 0 Å². The van der Waals surface area contributed by atoms with E-state index in [2.05, 4.69) is 15.0 Å². The zero-order chi connectivity index (χ0) is 23.1. The van der Waals surface area contributed by atoms with Gasteiger partial charge in [0.2, 0.25) is 20.1 Å². The molecule has 168 valence electrons. The molecule has 1 aliphatic rings. The van der Waals surface area contributed by atoms with Crippen LogP contribution in [-0.2, 0) is 29.0 Å². The number of amides is 1. The van der Waals surface area contributed by atoms with Gasteiger partial charge in [0.15, 0.2) is 0 Å². The van der Waals surface area contributed by atoms with E-state index >= 15 is 0 Å². The van der Waals surface area contributed by atoms with E-state index in [1.165, 1.54) is 28.7 Å². The van der Waals surface area contributed by atoms with Gasteiger partial charge in [-0.3, -0.25) is 4.79 Å². The number of rotatable bonds is 4. The van der Waals surface area contributed by atoms with Crippen molar-refractivity contribution in [2.24, 2.45) is 0 Å². The molecular weight excluding hydrogens is 469 g/mol. The second-order valence-corrected chi connectivity index (χ2v) is 10.0. The number of thiazole rings is 1. The average Bonchev–Trinajstić information content (AvgIpc) is 3.24. The summed E-state index contributed by atoms with van der Waals surface area (Å²) in [5, 5.41) is 1.40. The van der Waals surface area contributed by atoms with Crippen LogP contribution in [0.2, 0.25) is 0 Å². The molecule has 3 aromatic rings. The number of carbonyl (C=O) groups is 1. The number of hydrogen-bond donors (Lipinski definition) is 0. The van der Waals surface area contributed by atoms with E-state index in [0.29, 0.717) is 17.7 Å². The molecule has 4 rings (SSSR count). The van der Waals surface area contributed by atoms with Crippen LogP contribution in [0.25, 0.3) is 0 Å². The van der Waals surface area contributed by atoms with E-state index in [1.54, 1.807) is 0 Å². The van der Waals surface area contributed by atoms with Crippen molar-refractivity contribution in [3.8, 4) is 11.6 Å². The SMILES string of the molecule is CS(=O)(=O)c1nc(C(=O)N2CCc3c(ncnc3Oc3ccc(C(F)(F)F)cc3)C2)cs1. The summed E-state index contributed by atoms with van der Waals surface area (Å²) >= 11 is 0.878. The van der Waals surface area contributed by atoms with E-state index in [1.807, 2.05) is 0 Å². The predicted molar refractivity (Wildman–Crippen MR) is 107 cm³/mol. The van der Waals surface area contributed by atoms with Crippen molar-refractivity contribution < 1.29 is 31.1 Å². The summed E-state index contributed by atoms with van der Waals surface area (Å²) in [5.74, 6) is -0.0336. The number of hydrogen-bond acceptors (Lipinski definition) is 8. The molecule has 0 saturated heterocycles. The summed E-state index contributed by atoms with van der Waals surface area (Å²) < 4.78 is 66.9. The summed E-state index contributed by atoms with van der Waals surface area (Å²) in [6.45, 7) is 0.417. The Kier molecular flexibility index (Phi) is 5.63. The van der Waals surface area contributed by atoms with E-state index in [4.69, 9.17) is 4.74 Å². The summed E-state index contributed by atoms with van der Waals surface area (Å²) in [4.78, 5) is 26.4. The molecule has 2 aromatic heterocycles. The molecule has 0 spiro atoms. The number of aromatic nitrogens is 3. The first-order valence-electron chi connectivity index (χ1n) is 9.15. The van der Waals surface area contributed by atoms with Crippen molar-refractivity contribution >= 4 is 27.1 Å². The Hall–Kier alpha value is -3.06. The van der Waals surface area contributed by atoms with Crippen molar-refractivity contribution in [2.75, 3.05) is 12.8 Å². The van der Waals surface area contributed by atoms with Gasteiger partial charge in [-0.2, -0.15) is 13.2 Å². The van der Waals surface area contributed by atoms with Crippen LogP contribution in [0.5, 0.6) is 11.6 Å². The van der Waals surface area contributed by atoms with Crippen LogP contribution < -0.4 is 4.74 Å². The van der Waals surface area contributed by atoms with Crippen LogP contribution in [-0.4, -0.2) is 47.0 Å². The van der Waals surface area contributed by atoms with Crippen molar-refractivity contribution in [2.45, 2.75) is 23.5 Å². The minimum atomic E-state index is -4.44. The number of benzene rings is 1. The Labute approximate surface area is 184 Å². The monoisotopic (exact) mass is 484 g/mol. The zero-order valence-electron chi connectivity index (χ0n) is 16.5. The first kappa shape index (κ1) is 22.1. The number of sulfone groups is 1. The maximum atomic E-state index is 12.7. The minimum absolute atomic E-state index is 0.0363. The van der Waals surface area contributed by atoms with E-state index < -0.39 is 27.5 Å². The fourth-order valence-corrected chi connectivity index (χ4v) is 4.72. The standard InChI is InChI=1S/C19H15F3N4O4S2/c1-32(28,29)18-25-15(9-31-18)17(27)26-7-6-13-14(8-26)23-10-24-16(13)30-12-4-2-11(3-5-12)19(20,21)22/h2-5,9-10H,6-8H2,1H3. The lowest BCUT2D eigenvalue weighted by Crippen LogP contribution is -2.37. The van der Waals surface area contributed by atoms with Gasteiger partial charge in [0.25, 0.3) is 5.91 Å². The molecule has 0 atom stereocenters. The summed E-state index contributed by atoms with van der Waals surface area (Å²) in [5.41, 5.74) is 0.422. The van der Waals surface area contributed by atoms with Gasteiger partial charge >= 0.3 is 6.18 Å². The van der Waals surface area contributed by atoms with Crippen molar-refractivity contribution in [1.29, 1.82) is 0 Å². The first-order chi connectivity index (χ1) is 15.0.